The molecule has 4 atom stereocenters. The highest BCUT2D eigenvalue weighted by atomic mass is 32.2. The number of nitrogens with one attached hydrogen (secondary N) is 2. The molecule has 10 nitrogen and oxygen atoms in total. The summed E-state index contributed by atoms with van der Waals surface area (Å²) in [7, 11) is 3.29. The Labute approximate surface area is 433 Å². The van der Waals surface area contributed by atoms with Crippen LogP contribution in [0, 0.1) is 0 Å². The molecular weight excluding hydrogens is 989 g/mol. The van der Waals surface area contributed by atoms with Crippen LogP contribution in [-0.2, 0) is 22.4 Å². The molecule has 4 unspecified atom stereocenters. The number of hydrogen-bond donors (Lipinski definition) is 2. The lowest BCUT2D eigenvalue weighted by Crippen LogP contribution is -2.35. The second-order valence-corrected chi connectivity index (χ2v) is 21.7. The Balaban J connectivity index is 0.778. The van der Waals surface area contributed by atoms with Crippen LogP contribution < -0.4 is 29.9 Å². The Morgan fingerprint density at radius 1 is 0.529 bits per heavy atom. The van der Waals surface area contributed by atoms with Crippen LogP contribution in [0.25, 0.3) is 22.5 Å². The van der Waals surface area contributed by atoms with E-state index in [9.17, 15) is 9.59 Å². The van der Waals surface area contributed by atoms with Crippen LogP contribution in [0.1, 0.15) is 34.3 Å². The van der Waals surface area contributed by atoms with E-state index in [1.807, 2.05) is 144 Å². The Hall–Kier alpha value is -6.40. The highest BCUT2D eigenvalue weighted by Crippen LogP contribution is 2.43. The lowest BCUT2D eigenvalue weighted by molar-refractivity contribution is -0.117. The van der Waals surface area contributed by atoms with E-state index in [2.05, 4.69) is 34.9 Å². The lowest BCUT2D eigenvalue weighted by Gasteiger charge is -2.23. The molecule has 70 heavy (non-hydrogen) atoms. The van der Waals surface area contributed by atoms with Crippen LogP contribution in [0.4, 0.5) is 21.6 Å². The third-order valence-electron chi connectivity index (χ3n) is 12.1. The number of anilines is 4. The number of carbonyl (C=O) groups excluding carboxylic acids is 2. The molecule has 16 heteroatoms. The minimum absolute atomic E-state index is 0.0810. The molecule has 0 spiro atoms. The number of ether oxygens (including phenoxy) is 2. The number of methoxy groups -OCH3 is 2. The van der Waals surface area contributed by atoms with Crippen molar-refractivity contribution in [2.75, 3.05) is 34.7 Å². The van der Waals surface area contributed by atoms with Gasteiger partial charge in [0.1, 0.15) is 30.6 Å². The number of thioether (sulfide) groups is 2. The molecule has 2 aromatic heterocycles. The first-order valence-electron chi connectivity index (χ1n) is 22.3. The van der Waals surface area contributed by atoms with Crippen molar-refractivity contribution in [1.82, 2.24) is 9.97 Å². The number of carbonyl (C=O) groups is 2. The average Bonchev–Trinajstić information content (AvgIpc) is 4.21. The summed E-state index contributed by atoms with van der Waals surface area (Å²) in [6.07, 6.45) is 1.56. The number of aromatic nitrogens is 2. The third-order valence-corrected chi connectivity index (χ3v) is 16.8. The van der Waals surface area contributed by atoms with Crippen molar-refractivity contribution in [3.05, 3.63) is 191 Å². The van der Waals surface area contributed by atoms with Crippen molar-refractivity contribution in [3.8, 4) is 34.0 Å². The number of amides is 2. The van der Waals surface area contributed by atoms with Gasteiger partial charge in [0.15, 0.2) is 10.3 Å². The molecule has 2 saturated heterocycles. The second-order valence-electron chi connectivity index (χ2n) is 16.4. The van der Waals surface area contributed by atoms with Gasteiger partial charge < -0.3 is 20.1 Å². The number of nitrogens with zero attached hydrogens (tertiary/aromatic N) is 4. The standard InChI is InChI=1S/C54H44N6O4S6/c1-63-41-27-19-35(20-28-41)43-31-67-51(55-43)57-45(37-9-5-3-6-10-37)47-49(61)59(53(65)69-47)39-23-15-33(16-24-39)13-14-34-17-25-40(26-18-34)60-50(62)48(70-54(60)66)46(38-11-7-4-8-12-38)58-52-56-44(32-68-52)36-21-29-42(64-2)30-22-36/h3-12,15-32,45-48H,13-14H2,1-2H3,(H,55,57)(H,56,58). The molecule has 350 valence electrons. The van der Waals surface area contributed by atoms with Gasteiger partial charge in [0.2, 0.25) is 11.8 Å². The zero-order valence-electron chi connectivity index (χ0n) is 37.8. The van der Waals surface area contributed by atoms with E-state index in [0.717, 1.165) is 80.5 Å². The Bertz CT molecular complexity index is 2920. The van der Waals surface area contributed by atoms with Crippen molar-refractivity contribution in [2.24, 2.45) is 0 Å². The number of hydrogen-bond acceptors (Lipinski definition) is 14. The second kappa shape index (κ2) is 21.3. The fourth-order valence-corrected chi connectivity index (χ4v) is 13.1. The van der Waals surface area contributed by atoms with E-state index in [0.29, 0.717) is 18.9 Å². The quantitative estimate of drug-likeness (QED) is 0.0848. The molecule has 2 aliphatic heterocycles. The Morgan fingerprint density at radius 2 is 0.900 bits per heavy atom. The smallest absolute Gasteiger partial charge is 0.248 e. The summed E-state index contributed by atoms with van der Waals surface area (Å²) in [6, 6.07) is 50.9. The number of benzene rings is 6. The maximum absolute atomic E-state index is 14.3. The zero-order chi connectivity index (χ0) is 48.1. The van der Waals surface area contributed by atoms with Gasteiger partial charge >= 0.3 is 0 Å². The third kappa shape index (κ3) is 10.2. The number of rotatable bonds is 17. The molecule has 6 aromatic carbocycles. The molecule has 0 aliphatic carbocycles. The first kappa shape index (κ1) is 47.3. The van der Waals surface area contributed by atoms with Crippen LogP contribution >= 0.6 is 70.6 Å². The van der Waals surface area contributed by atoms with Crippen molar-refractivity contribution in [2.45, 2.75) is 35.4 Å². The van der Waals surface area contributed by atoms with E-state index in [-0.39, 0.29) is 23.9 Å². The van der Waals surface area contributed by atoms with Gasteiger partial charge in [0, 0.05) is 21.9 Å². The topological polar surface area (TPSA) is 109 Å². The molecule has 8 aromatic rings. The molecule has 0 saturated carbocycles. The molecule has 2 N–H and O–H groups in total. The Morgan fingerprint density at radius 3 is 1.26 bits per heavy atom. The summed E-state index contributed by atoms with van der Waals surface area (Å²) in [4.78, 5) is 41.7. The SMILES string of the molecule is COc1ccc(-c2csc(NC(c3ccccc3)C3SC(=S)N(c4ccc(CCc5ccc(N6C(=O)C(C(Nc7nc(-c8ccc(OC)cc8)cs7)c7ccccc7)SC6=S)cc5)cc4)C3=O)n2)cc1. The van der Waals surface area contributed by atoms with Gasteiger partial charge in [0.05, 0.1) is 49.1 Å². The van der Waals surface area contributed by atoms with Gasteiger partial charge in [-0.25, -0.2) is 9.97 Å². The minimum atomic E-state index is -0.508. The maximum atomic E-state index is 14.3. The molecular formula is C54H44N6O4S6. The van der Waals surface area contributed by atoms with E-state index in [1.54, 1.807) is 24.0 Å². The summed E-state index contributed by atoms with van der Waals surface area (Å²) in [5.41, 5.74) is 9.30. The van der Waals surface area contributed by atoms with Gasteiger partial charge in [-0.05, 0) is 108 Å². The van der Waals surface area contributed by atoms with E-state index >= 15 is 0 Å². The van der Waals surface area contributed by atoms with Crippen molar-refractivity contribution >= 4 is 113 Å². The lowest BCUT2D eigenvalue weighted by atomic mass is 10.0. The van der Waals surface area contributed by atoms with Gasteiger partial charge in [-0.15, -0.1) is 22.7 Å². The van der Waals surface area contributed by atoms with Crippen LogP contribution in [0.15, 0.2) is 168 Å². The summed E-state index contributed by atoms with van der Waals surface area (Å²) < 4.78 is 11.7. The van der Waals surface area contributed by atoms with E-state index < -0.39 is 10.5 Å². The number of thiocarbonyl (C=S) groups is 2. The number of aryl methyl sites for hydroxylation is 2. The van der Waals surface area contributed by atoms with Crippen LogP contribution in [0.3, 0.4) is 0 Å². The highest BCUT2D eigenvalue weighted by molar-refractivity contribution is 8.25. The largest absolute Gasteiger partial charge is 0.497 e. The van der Waals surface area contributed by atoms with Gasteiger partial charge in [-0.3, -0.25) is 19.4 Å². The van der Waals surface area contributed by atoms with Crippen LogP contribution in [-0.4, -0.2) is 55.1 Å². The van der Waals surface area contributed by atoms with Crippen LogP contribution in [0.5, 0.6) is 11.5 Å². The predicted octanol–water partition coefficient (Wildman–Crippen LogP) is 12.9. The fraction of sp³-hybridized carbons (Fsp3) is 0.148. The summed E-state index contributed by atoms with van der Waals surface area (Å²) in [5.74, 6) is 1.40. The minimum Gasteiger partial charge on any atom is -0.497 e. The normalized spacial score (nSPS) is 16.7. The van der Waals surface area contributed by atoms with E-state index in [4.69, 9.17) is 43.9 Å². The molecule has 0 bridgehead atoms. The predicted molar refractivity (Wildman–Crippen MR) is 297 cm³/mol. The summed E-state index contributed by atoms with van der Waals surface area (Å²) >= 11 is 17.5. The van der Waals surface area contributed by atoms with Crippen molar-refractivity contribution < 1.29 is 19.1 Å². The first-order valence-corrected chi connectivity index (χ1v) is 26.7. The highest BCUT2D eigenvalue weighted by Gasteiger charge is 2.45. The van der Waals surface area contributed by atoms with Crippen molar-refractivity contribution in [3.63, 3.8) is 0 Å². The average molecular weight is 1030 g/mol. The summed E-state index contributed by atoms with van der Waals surface area (Å²) in [5, 5.41) is 11.6. The van der Waals surface area contributed by atoms with Gasteiger partial charge in [-0.2, -0.15) is 0 Å². The Kier molecular flexibility index (Phi) is 14.4. The zero-order valence-corrected chi connectivity index (χ0v) is 42.7. The van der Waals surface area contributed by atoms with Crippen molar-refractivity contribution in [1.29, 1.82) is 0 Å². The molecule has 10 rings (SSSR count). The summed E-state index contributed by atoms with van der Waals surface area (Å²) in [6.45, 7) is 0. The molecule has 2 aliphatic rings. The maximum Gasteiger partial charge on any atom is 0.248 e. The molecule has 2 fully saturated rings. The monoisotopic (exact) mass is 1030 g/mol. The van der Waals surface area contributed by atoms with Gasteiger partial charge in [0.25, 0.3) is 0 Å². The van der Waals surface area contributed by atoms with E-state index in [1.165, 1.54) is 46.2 Å². The first-order chi connectivity index (χ1) is 34.2. The molecule has 2 amide bonds. The van der Waals surface area contributed by atoms with Gasteiger partial charge in [-0.1, -0.05) is 133 Å². The molecule has 0 radical (unpaired) electrons. The number of thiazole rings is 2. The fourth-order valence-electron chi connectivity index (χ4n) is 8.38. The molecule has 4 heterocycles. The van der Waals surface area contributed by atoms with Crippen LogP contribution in [0.2, 0.25) is 0 Å².